The van der Waals surface area contributed by atoms with Crippen LogP contribution >= 0.6 is 0 Å². The fourth-order valence-corrected chi connectivity index (χ4v) is 4.84. The molecule has 210 valence electrons. The highest BCUT2D eigenvalue weighted by atomic mass is 19.1. The van der Waals surface area contributed by atoms with Gasteiger partial charge in [-0.25, -0.2) is 8.78 Å². The number of aromatic nitrogens is 2. The fraction of sp³-hybridized carbons (Fsp3) is 0.0882. The average Bonchev–Trinajstić information content (AvgIpc) is 3.35. The Hall–Kier alpha value is -5.37. The minimum Gasteiger partial charge on any atom is -0.489 e. The Morgan fingerprint density at radius 1 is 0.833 bits per heavy atom. The van der Waals surface area contributed by atoms with Crippen LogP contribution in [0.1, 0.15) is 11.1 Å². The van der Waals surface area contributed by atoms with Gasteiger partial charge in [-0.3, -0.25) is 4.79 Å². The van der Waals surface area contributed by atoms with Gasteiger partial charge in [0.25, 0.3) is 5.56 Å². The molecule has 2 N–H and O–H groups in total. The van der Waals surface area contributed by atoms with Gasteiger partial charge in [-0.15, -0.1) is 0 Å². The SMILES string of the molecule is Cn1cc(-c2cc(NCc3ccc(OCc4ccccc4)cc3)ccc2Oc2ccc(F)cc2F)c2cc[nH]c(=O)c21. The van der Waals surface area contributed by atoms with Gasteiger partial charge in [0, 0.05) is 54.3 Å². The topological polar surface area (TPSA) is 68.3 Å². The maximum Gasteiger partial charge on any atom is 0.272 e. The number of aromatic amines is 1. The first-order valence-corrected chi connectivity index (χ1v) is 13.4. The number of H-pyrrole nitrogens is 1. The summed E-state index contributed by atoms with van der Waals surface area (Å²) in [5.41, 5.74) is 4.60. The van der Waals surface area contributed by atoms with E-state index in [1.807, 2.05) is 79.0 Å². The molecule has 0 amide bonds. The van der Waals surface area contributed by atoms with Crippen molar-refractivity contribution in [3.8, 4) is 28.4 Å². The van der Waals surface area contributed by atoms with E-state index in [0.717, 1.165) is 40.3 Å². The fourth-order valence-electron chi connectivity index (χ4n) is 4.84. The summed E-state index contributed by atoms with van der Waals surface area (Å²) < 4.78 is 41.6. The maximum absolute atomic E-state index is 14.5. The Kier molecular flexibility index (Phi) is 7.43. The first-order chi connectivity index (χ1) is 20.4. The molecule has 0 aliphatic rings. The Bertz CT molecular complexity index is 1920. The number of hydrogen-bond acceptors (Lipinski definition) is 4. The van der Waals surface area contributed by atoms with Crippen molar-refractivity contribution in [2.45, 2.75) is 13.2 Å². The van der Waals surface area contributed by atoms with Crippen molar-refractivity contribution >= 4 is 16.6 Å². The maximum atomic E-state index is 14.5. The van der Waals surface area contributed by atoms with E-state index in [9.17, 15) is 13.6 Å². The van der Waals surface area contributed by atoms with E-state index in [4.69, 9.17) is 9.47 Å². The van der Waals surface area contributed by atoms with Gasteiger partial charge >= 0.3 is 0 Å². The molecule has 42 heavy (non-hydrogen) atoms. The number of pyridine rings is 1. The number of fused-ring (bicyclic) bond motifs is 1. The summed E-state index contributed by atoms with van der Waals surface area (Å²) in [5, 5.41) is 4.15. The zero-order valence-electron chi connectivity index (χ0n) is 22.7. The van der Waals surface area contributed by atoms with Crippen molar-refractivity contribution in [1.82, 2.24) is 9.55 Å². The van der Waals surface area contributed by atoms with Crippen LogP contribution in [0.3, 0.4) is 0 Å². The number of benzene rings is 4. The molecule has 6 nitrogen and oxygen atoms in total. The van der Waals surface area contributed by atoms with E-state index in [2.05, 4.69) is 10.3 Å². The number of nitrogens with zero attached hydrogens (tertiary/aromatic N) is 1. The Morgan fingerprint density at radius 2 is 1.62 bits per heavy atom. The van der Waals surface area contributed by atoms with Gasteiger partial charge in [-0.1, -0.05) is 42.5 Å². The number of anilines is 1. The highest BCUT2D eigenvalue weighted by molar-refractivity contribution is 5.97. The molecule has 4 aromatic carbocycles. The van der Waals surface area contributed by atoms with Crippen molar-refractivity contribution in [1.29, 1.82) is 0 Å². The van der Waals surface area contributed by atoms with Crippen LogP contribution in [0.5, 0.6) is 17.2 Å². The van der Waals surface area contributed by atoms with Crippen LogP contribution in [0.15, 0.2) is 114 Å². The van der Waals surface area contributed by atoms with Gasteiger partial charge in [-0.2, -0.15) is 0 Å². The molecule has 0 bridgehead atoms. The minimum atomic E-state index is -0.811. The third-order valence-corrected chi connectivity index (χ3v) is 6.95. The zero-order valence-corrected chi connectivity index (χ0v) is 22.7. The number of hydrogen-bond donors (Lipinski definition) is 2. The minimum absolute atomic E-state index is 0.106. The van der Waals surface area contributed by atoms with Crippen LogP contribution in [0.25, 0.3) is 22.0 Å². The van der Waals surface area contributed by atoms with Crippen LogP contribution < -0.4 is 20.3 Å². The van der Waals surface area contributed by atoms with Gasteiger partial charge in [-0.05, 0) is 59.7 Å². The van der Waals surface area contributed by atoms with Gasteiger partial charge in [0.2, 0.25) is 0 Å². The second kappa shape index (κ2) is 11.6. The number of aryl methyl sites for hydroxylation is 1. The lowest BCUT2D eigenvalue weighted by atomic mass is 10.0. The van der Waals surface area contributed by atoms with Crippen LogP contribution in [0, 0.1) is 11.6 Å². The Labute approximate surface area is 240 Å². The summed E-state index contributed by atoms with van der Waals surface area (Å²) in [6.07, 6.45) is 3.42. The molecule has 8 heteroatoms. The van der Waals surface area contributed by atoms with Crippen LogP contribution in [0.4, 0.5) is 14.5 Å². The van der Waals surface area contributed by atoms with Gasteiger partial charge in [0.05, 0.1) is 0 Å². The largest absolute Gasteiger partial charge is 0.489 e. The number of rotatable bonds is 9. The molecule has 0 aliphatic carbocycles. The third kappa shape index (κ3) is 5.74. The van der Waals surface area contributed by atoms with E-state index in [1.54, 1.807) is 23.9 Å². The lowest BCUT2D eigenvalue weighted by Gasteiger charge is -2.15. The molecule has 0 saturated carbocycles. The quantitative estimate of drug-likeness (QED) is 0.188. The molecular weight excluding hydrogens is 536 g/mol. The number of ether oxygens (including phenoxy) is 2. The number of halogens is 2. The van der Waals surface area contributed by atoms with E-state index >= 15 is 0 Å². The second-order valence-corrected chi connectivity index (χ2v) is 9.88. The van der Waals surface area contributed by atoms with Gasteiger partial charge < -0.3 is 24.3 Å². The highest BCUT2D eigenvalue weighted by Gasteiger charge is 2.17. The lowest BCUT2D eigenvalue weighted by molar-refractivity contribution is 0.306. The molecule has 0 radical (unpaired) electrons. The summed E-state index contributed by atoms with van der Waals surface area (Å²) in [7, 11) is 1.79. The lowest BCUT2D eigenvalue weighted by Crippen LogP contribution is -2.07. The summed E-state index contributed by atoms with van der Waals surface area (Å²) >= 11 is 0. The highest BCUT2D eigenvalue weighted by Crippen LogP contribution is 2.39. The second-order valence-electron chi connectivity index (χ2n) is 9.88. The molecule has 0 unspecified atom stereocenters. The normalized spacial score (nSPS) is 11.0. The van der Waals surface area contributed by atoms with Crippen molar-refractivity contribution in [3.05, 3.63) is 143 Å². The molecule has 0 saturated heterocycles. The average molecular weight is 564 g/mol. The van der Waals surface area contributed by atoms with Crippen molar-refractivity contribution in [2.75, 3.05) is 5.32 Å². The molecule has 2 heterocycles. The Balaban J connectivity index is 1.26. The molecule has 0 aliphatic heterocycles. The summed E-state index contributed by atoms with van der Waals surface area (Å²) in [4.78, 5) is 15.2. The molecule has 0 atom stereocenters. The molecule has 6 rings (SSSR count). The van der Waals surface area contributed by atoms with E-state index in [0.29, 0.717) is 35.4 Å². The third-order valence-electron chi connectivity index (χ3n) is 6.95. The van der Waals surface area contributed by atoms with E-state index in [1.165, 1.54) is 6.07 Å². The Morgan fingerprint density at radius 3 is 2.40 bits per heavy atom. The van der Waals surface area contributed by atoms with Crippen LogP contribution in [-0.2, 0) is 20.2 Å². The van der Waals surface area contributed by atoms with Crippen molar-refractivity contribution < 1.29 is 18.3 Å². The van der Waals surface area contributed by atoms with Gasteiger partial charge in [0.1, 0.15) is 29.4 Å². The smallest absolute Gasteiger partial charge is 0.272 e. The summed E-state index contributed by atoms with van der Waals surface area (Å²) in [5.74, 6) is -0.465. The summed E-state index contributed by atoms with van der Waals surface area (Å²) in [6, 6.07) is 28.3. The molecule has 0 fully saturated rings. The van der Waals surface area contributed by atoms with Gasteiger partial charge in [0.15, 0.2) is 11.6 Å². The van der Waals surface area contributed by atoms with E-state index in [-0.39, 0.29) is 11.3 Å². The standard InChI is InChI=1S/C34H27F2N3O3/c1-39-20-29(27-15-16-37-34(40)33(27)39)28-18-25(10-14-31(28)42-32-13-9-24(35)17-30(32)36)38-19-22-7-11-26(12-8-22)41-21-23-5-3-2-4-6-23/h2-18,20,38H,19,21H2,1H3,(H,37,40). The van der Waals surface area contributed by atoms with Crippen molar-refractivity contribution in [3.63, 3.8) is 0 Å². The predicted octanol–water partition coefficient (Wildman–Crippen LogP) is 7.80. The number of nitrogens with one attached hydrogen (secondary N) is 2. The monoisotopic (exact) mass is 563 g/mol. The first-order valence-electron chi connectivity index (χ1n) is 13.4. The molecule has 6 aromatic rings. The summed E-state index contributed by atoms with van der Waals surface area (Å²) in [6.45, 7) is 1.04. The van der Waals surface area contributed by atoms with E-state index < -0.39 is 11.6 Å². The molecule has 2 aromatic heterocycles. The molecule has 0 spiro atoms. The zero-order chi connectivity index (χ0) is 29.1. The van der Waals surface area contributed by atoms with Crippen molar-refractivity contribution in [2.24, 2.45) is 7.05 Å². The van der Waals surface area contributed by atoms with Crippen LogP contribution in [-0.4, -0.2) is 9.55 Å². The predicted molar refractivity (Wildman–Crippen MR) is 160 cm³/mol. The van der Waals surface area contributed by atoms with Crippen LogP contribution in [0.2, 0.25) is 0 Å². The first kappa shape index (κ1) is 26.8. The molecular formula is C34H27F2N3O3.